The molecular weight excluding hydrogens is 484 g/mol. The fraction of sp³-hybridized carbons (Fsp3) is 0.333. The Kier molecular flexibility index (Phi) is 6.59. The van der Waals surface area contributed by atoms with Crippen molar-refractivity contribution in [2.24, 2.45) is 0 Å². The van der Waals surface area contributed by atoms with Gasteiger partial charge in [0.05, 0.1) is 5.56 Å². The molecule has 1 aliphatic heterocycles. The molecule has 1 heterocycles. The van der Waals surface area contributed by atoms with Gasteiger partial charge in [0, 0.05) is 35.1 Å². The number of nitrogens with one attached hydrogen (secondary N) is 1. The van der Waals surface area contributed by atoms with Crippen molar-refractivity contribution in [1.29, 1.82) is 0 Å². The van der Waals surface area contributed by atoms with Gasteiger partial charge in [0.15, 0.2) is 0 Å². The van der Waals surface area contributed by atoms with Gasteiger partial charge in [-0.3, -0.25) is 4.79 Å². The lowest BCUT2D eigenvalue weighted by Gasteiger charge is -2.38. The van der Waals surface area contributed by atoms with Gasteiger partial charge in [0.25, 0.3) is 5.91 Å². The lowest BCUT2D eigenvalue weighted by Crippen LogP contribution is -2.51. The molecule has 0 aromatic heterocycles. The fourth-order valence-corrected chi connectivity index (χ4v) is 4.11. The molecule has 1 saturated heterocycles. The number of carbonyl (C=O) groups excluding carboxylic acids is 1. The number of halogens is 5. The van der Waals surface area contributed by atoms with E-state index in [1.807, 2.05) is 0 Å². The van der Waals surface area contributed by atoms with Crippen molar-refractivity contribution in [3.8, 4) is 0 Å². The summed E-state index contributed by atoms with van der Waals surface area (Å²) in [6.07, 6.45) is -5.52. The molecule has 2 atom stereocenters. The second-order valence-electron chi connectivity index (χ2n) is 7.44. The molecule has 2 amide bonds. The zero-order valence-corrected chi connectivity index (χ0v) is 17.9. The van der Waals surface area contributed by atoms with E-state index in [0.717, 1.165) is 12.1 Å². The smallest absolute Gasteiger partial charge is 0.416 e. The van der Waals surface area contributed by atoms with E-state index in [-0.39, 0.29) is 29.5 Å². The number of rotatable bonds is 3. The Labute approximate surface area is 184 Å². The molecule has 0 bridgehead atoms. The lowest BCUT2D eigenvalue weighted by molar-refractivity contribution is -0.137. The zero-order valence-electron chi connectivity index (χ0n) is 16.3. The van der Waals surface area contributed by atoms with E-state index >= 15 is 0 Å². The standard InChI is InChI=1S/C21H19BrF4N2O3/c1-11-2-3-12(8-17(11)23)16-10-28(20(30)31)5-4-18(16)27-19(29)13-6-14(21(24,25)26)9-15(22)7-13/h2-3,6-9,16,18H,4-5,10H2,1H3,(H,27,29)(H,30,31)/t16-,18+/m0/s1. The van der Waals surface area contributed by atoms with Crippen molar-refractivity contribution >= 4 is 27.9 Å². The molecule has 2 aromatic carbocycles. The molecule has 31 heavy (non-hydrogen) atoms. The average molecular weight is 503 g/mol. The minimum absolute atomic E-state index is 0.0229. The zero-order chi connectivity index (χ0) is 22.9. The number of hydrogen-bond acceptors (Lipinski definition) is 2. The Bertz CT molecular complexity index is 1010. The highest BCUT2D eigenvalue weighted by Gasteiger charge is 2.35. The van der Waals surface area contributed by atoms with Crippen LogP contribution in [-0.4, -0.2) is 41.1 Å². The van der Waals surface area contributed by atoms with Crippen LogP contribution in [0.5, 0.6) is 0 Å². The molecule has 5 nitrogen and oxygen atoms in total. The Morgan fingerprint density at radius 2 is 1.90 bits per heavy atom. The van der Waals surface area contributed by atoms with Crippen LogP contribution in [0.15, 0.2) is 40.9 Å². The molecule has 3 rings (SSSR count). The second-order valence-corrected chi connectivity index (χ2v) is 8.35. The van der Waals surface area contributed by atoms with Gasteiger partial charge in [-0.15, -0.1) is 0 Å². The third-order valence-corrected chi connectivity index (χ3v) is 5.77. The van der Waals surface area contributed by atoms with Crippen molar-refractivity contribution in [1.82, 2.24) is 10.2 Å². The van der Waals surface area contributed by atoms with Crippen LogP contribution >= 0.6 is 15.9 Å². The average Bonchev–Trinajstić information content (AvgIpc) is 2.69. The lowest BCUT2D eigenvalue weighted by atomic mass is 9.85. The largest absolute Gasteiger partial charge is 0.465 e. The van der Waals surface area contributed by atoms with Crippen molar-refractivity contribution in [2.45, 2.75) is 31.5 Å². The van der Waals surface area contributed by atoms with E-state index in [0.29, 0.717) is 11.1 Å². The Balaban J connectivity index is 1.89. The number of piperidine rings is 1. The van der Waals surface area contributed by atoms with Crippen molar-refractivity contribution in [3.05, 3.63) is 68.9 Å². The molecule has 10 heteroatoms. The molecule has 0 radical (unpaired) electrons. The van der Waals surface area contributed by atoms with Crippen LogP contribution < -0.4 is 5.32 Å². The first kappa shape index (κ1) is 23.1. The summed E-state index contributed by atoms with van der Waals surface area (Å²) < 4.78 is 53.5. The molecule has 2 aromatic rings. The van der Waals surface area contributed by atoms with Gasteiger partial charge >= 0.3 is 12.3 Å². The van der Waals surface area contributed by atoms with Gasteiger partial charge in [-0.1, -0.05) is 28.1 Å². The third kappa shape index (κ3) is 5.36. The summed E-state index contributed by atoms with van der Waals surface area (Å²) >= 11 is 2.99. The number of hydrogen-bond donors (Lipinski definition) is 2. The number of amides is 2. The Morgan fingerprint density at radius 3 is 2.52 bits per heavy atom. The molecule has 0 unspecified atom stereocenters. The Hall–Kier alpha value is -2.62. The van der Waals surface area contributed by atoms with E-state index in [1.165, 1.54) is 17.0 Å². The molecule has 2 N–H and O–H groups in total. The number of alkyl halides is 3. The maximum absolute atomic E-state index is 14.1. The number of benzene rings is 2. The minimum atomic E-state index is -4.62. The molecule has 1 aliphatic rings. The van der Waals surface area contributed by atoms with Crippen LogP contribution in [0.2, 0.25) is 0 Å². The van der Waals surface area contributed by atoms with Gasteiger partial charge in [-0.25, -0.2) is 9.18 Å². The van der Waals surface area contributed by atoms with Gasteiger partial charge in [0.1, 0.15) is 5.82 Å². The van der Waals surface area contributed by atoms with Crippen LogP contribution in [0.25, 0.3) is 0 Å². The quantitative estimate of drug-likeness (QED) is 0.568. The van der Waals surface area contributed by atoms with Crippen molar-refractivity contribution < 1.29 is 32.3 Å². The molecular formula is C21H19BrF4N2O3. The predicted molar refractivity (Wildman–Crippen MR) is 108 cm³/mol. The monoisotopic (exact) mass is 502 g/mol. The SMILES string of the molecule is Cc1ccc([C@@H]2CN(C(=O)O)CC[C@H]2NC(=O)c2cc(Br)cc(C(F)(F)F)c2)cc1F. The first-order valence-electron chi connectivity index (χ1n) is 9.38. The third-order valence-electron chi connectivity index (χ3n) is 5.31. The maximum atomic E-state index is 14.1. The van der Waals surface area contributed by atoms with Crippen molar-refractivity contribution in [3.63, 3.8) is 0 Å². The van der Waals surface area contributed by atoms with Crippen LogP contribution in [0.3, 0.4) is 0 Å². The number of carbonyl (C=O) groups is 2. The highest BCUT2D eigenvalue weighted by atomic mass is 79.9. The number of likely N-dealkylation sites (tertiary alicyclic amines) is 1. The molecule has 0 spiro atoms. The second kappa shape index (κ2) is 8.86. The first-order chi connectivity index (χ1) is 14.5. The summed E-state index contributed by atoms with van der Waals surface area (Å²) in [7, 11) is 0. The van der Waals surface area contributed by atoms with Crippen LogP contribution in [0.1, 0.15) is 39.4 Å². The summed E-state index contributed by atoms with van der Waals surface area (Å²) in [5.41, 5.74) is -0.227. The molecule has 1 fully saturated rings. The molecule has 0 aliphatic carbocycles. The van der Waals surface area contributed by atoms with Crippen LogP contribution in [0, 0.1) is 12.7 Å². The van der Waals surface area contributed by atoms with E-state index < -0.39 is 41.5 Å². The normalized spacial score (nSPS) is 19.2. The van der Waals surface area contributed by atoms with Gasteiger partial charge in [0.2, 0.25) is 0 Å². The van der Waals surface area contributed by atoms with E-state index in [9.17, 15) is 32.3 Å². The summed E-state index contributed by atoms with van der Waals surface area (Å²) in [6.45, 7) is 1.75. The van der Waals surface area contributed by atoms with Gasteiger partial charge in [-0.05, 0) is 48.7 Å². The fourth-order valence-electron chi connectivity index (χ4n) is 3.61. The summed E-state index contributed by atoms with van der Waals surface area (Å²) in [6, 6.07) is 6.84. The summed E-state index contributed by atoms with van der Waals surface area (Å²) in [4.78, 5) is 25.4. The van der Waals surface area contributed by atoms with E-state index in [4.69, 9.17) is 0 Å². The first-order valence-corrected chi connectivity index (χ1v) is 10.2. The minimum Gasteiger partial charge on any atom is -0.465 e. The number of nitrogens with zero attached hydrogens (tertiary/aromatic N) is 1. The highest BCUT2D eigenvalue weighted by Crippen LogP contribution is 2.33. The maximum Gasteiger partial charge on any atom is 0.416 e. The van der Waals surface area contributed by atoms with Crippen LogP contribution in [0.4, 0.5) is 22.4 Å². The molecule has 166 valence electrons. The van der Waals surface area contributed by atoms with Crippen molar-refractivity contribution in [2.75, 3.05) is 13.1 Å². The van der Waals surface area contributed by atoms with E-state index in [2.05, 4.69) is 21.2 Å². The number of aryl methyl sites for hydroxylation is 1. The molecule has 0 saturated carbocycles. The highest BCUT2D eigenvalue weighted by molar-refractivity contribution is 9.10. The summed E-state index contributed by atoms with van der Waals surface area (Å²) in [5.74, 6) is -1.74. The topological polar surface area (TPSA) is 69.6 Å². The van der Waals surface area contributed by atoms with E-state index in [1.54, 1.807) is 19.1 Å². The summed E-state index contributed by atoms with van der Waals surface area (Å²) in [5, 5.41) is 12.1. The Morgan fingerprint density at radius 1 is 1.19 bits per heavy atom. The van der Waals surface area contributed by atoms with Gasteiger partial charge < -0.3 is 15.3 Å². The van der Waals surface area contributed by atoms with Gasteiger partial charge in [-0.2, -0.15) is 13.2 Å². The predicted octanol–water partition coefficient (Wildman–Crippen LogP) is 5.18. The number of carboxylic acid groups (broad SMARTS) is 1. The van der Waals surface area contributed by atoms with Crippen LogP contribution in [-0.2, 0) is 6.18 Å².